The fraction of sp³-hybridized carbons (Fsp3) is 0.0625. The van der Waals surface area contributed by atoms with Crippen LogP contribution in [0.2, 0.25) is 0 Å². The van der Waals surface area contributed by atoms with E-state index in [0.717, 1.165) is 15.3 Å². The molecule has 1 fully saturated rings. The molecule has 3 rings (SSSR count). The molecule has 0 unspecified atom stereocenters. The molecule has 1 aliphatic heterocycles. The molecule has 3 N–H and O–H groups in total. The molecule has 0 spiro atoms. The summed E-state index contributed by atoms with van der Waals surface area (Å²) < 4.78 is 0. The molecule has 1 aliphatic rings. The molecule has 2 heterocycles. The number of nitrogens with one attached hydrogen (secondary N) is 1. The molecule has 6 heteroatoms. The van der Waals surface area contributed by atoms with Gasteiger partial charge in [0.05, 0.1) is 17.1 Å². The lowest BCUT2D eigenvalue weighted by Gasteiger charge is -1.99. The number of hydrogen-bond acceptors (Lipinski definition) is 4. The number of hydrogen-bond donors (Lipinski definition) is 2. The minimum atomic E-state index is -0.440. The molecule has 4 nitrogen and oxygen atoms in total. The van der Waals surface area contributed by atoms with Gasteiger partial charge in [-0.1, -0.05) is 24.4 Å². The van der Waals surface area contributed by atoms with Crippen LogP contribution in [0.25, 0.3) is 16.5 Å². The summed E-state index contributed by atoms with van der Waals surface area (Å²) in [5.41, 5.74) is 7.26. The summed E-state index contributed by atoms with van der Waals surface area (Å²) in [6, 6.07) is 11.1. The number of Topliss-reactive ketones (excluding diaryl/α,β-unsaturated/α-hetero) is 1. The highest BCUT2D eigenvalue weighted by Gasteiger charge is 2.21. The van der Waals surface area contributed by atoms with Crippen LogP contribution in [0.3, 0.4) is 0 Å². The van der Waals surface area contributed by atoms with Crippen LogP contribution in [0.1, 0.15) is 21.7 Å². The van der Waals surface area contributed by atoms with Crippen LogP contribution < -0.4 is 11.1 Å². The van der Waals surface area contributed by atoms with Crippen LogP contribution in [0.15, 0.2) is 42.1 Å². The molecule has 1 aromatic carbocycles. The lowest BCUT2D eigenvalue weighted by atomic mass is 10.1. The number of primary amides is 1. The van der Waals surface area contributed by atoms with Gasteiger partial charge in [-0.3, -0.25) is 9.59 Å². The Bertz CT molecular complexity index is 804. The van der Waals surface area contributed by atoms with Gasteiger partial charge < -0.3 is 11.1 Å². The maximum absolute atomic E-state index is 11.7. The summed E-state index contributed by atoms with van der Waals surface area (Å²) in [5, 5.41) is 2.92. The maximum Gasteiger partial charge on any atom is 0.248 e. The van der Waals surface area contributed by atoms with Crippen LogP contribution in [0.5, 0.6) is 0 Å². The molecule has 110 valence electrons. The van der Waals surface area contributed by atoms with E-state index in [0.29, 0.717) is 16.2 Å². The molecule has 0 saturated carbocycles. The van der Waals surface area contributed by atoms with Crippen molar-refractivity contribution < 1.29 is 9.59 Å². The van der Waals surface area contributed by atoms with Gasteiger partial charge in [-0.25, -0.2) is 0 Å². The van der Waals surface area contributed by atoms with Gasteiger partial charge in [0.1, 0.15) is 0 Å². The Morgan fingerprint density at radius 2 is 1.95 bits per heavy atom. The van der Waals surface area contributed by atoms with E-state index in [1.165, 1.54) is 0 Å². The van der Waals surface area contributed by atoms with Gasteiger partial charge in [-0.2, -0.15) is 0 Å². The Kier molecular flexibility index (Phi) is 3.87. The zero-order valence-electron chi connectivity index (χ0n) is 11.5. The lowest BCUT2D eigenvalue weighted by Crippen LogP contribution is -2.10. The summed E-state index contributed by atoms with van der Waals surface area (Å²) in [7, 11) is 0. The number of carbonyl (C=O) groups is 2. The van der Waals surface area contributed by atoms with Crippen molar-refractivity contribution >= 4 is 46.3 Å². The van der Waals surface area contributed by atoms with Crippen molar-refractivity contribution in [1.29, 1.82) is 0 Å². The zero-order valence-corrected chi connectivity index (χ0v) is 13.1. The average Bonchev–Trinajstić information content (AvgIpc) is 3.06. The molecule has 1 saturated heterocycles. The van der Waals surface area contributed by atoms with E-state index in [1.54, 1.807) is 23.5 Å². The van der Waals surface area contributed by atoms with Gasteiger partial charge in [-0.05, 0) is 35.9 Å². The molecule has 1 amide bonds. The number of allylic oxidation sites excluding steroid dienone is 1. The summed E-state index contributed by atoms with van der Waals surface area (Å²) in [5.74, 6) is -0.421. The number of benzene rings is 1. The number of amides is 1. The highest BCUT2D eigenvalue weighted by atomic mass is 32.1. The Morgan fingerprint density at radius 1 is 1.23 bits per heavy atom. The van der Waals surface area contributed by atoms with E-state index in [2.05, 4.69) is 5.32 Å². The van der Waals surface area contributed by atoms with Gasteiger partial charge in [0.25, 0.3) is 0 Å². The number of nitrogens with two attached hydrogens (primary N) is 1. The zero-order chi connectivity index (χ0) is 15.7. The Hall–Kier alpha value is -2.31. The second-order valence-electron chi connectivity index (χ2n) is 4.85. The topological polar surface area (TPSA) is 72.2 Å². The lowest BCUT2D eigenvalue weighted by molar-refractivity contribution is -0.114. The minimum absolute atomic E-state index is 0.0192. The number of thiocarbonyl (C=S) groups is 1. The molecule has 0 bridgehead atoms. The maximum atomic E-state index is 11.7. The van der Waals surface area contributed by atoms with Gasteiger partial charge >= 0.3 is 0 Å². The highest BCUT2D eigenvalue weighted by Crippen LogP contribution is 2.30. The van der Waals surface area contributed by atoms with Gasteiger partial charge in [-0.15, -0.1) is 11.3 Å². The number of thiophene rings is 1. The minimum Gasteiger partial charge on any atom is -0.366 e. The summed E-state index contributed by atoms with van der Waals surface area (Å²) in [6.45, 7) is 0. The Labute approximate surface area is 136 Å². The fourth-order valence-corrected chi connectivity index (χ4v) is 3.35. The first-order chi connectivity index (χ1) is 10.5. The fourth-order valence-electron chi connectivity index (χ4n) is 2.15. The molecule has 0 radical (unpaired) electrons. The molecular weight excluding hydrogens is 316 g/mol. The van der Waals surface area contributed by atoms with Crippen molar-refractivity contribution in [2.45, 2.75) is 6.42 Å². The highest BCUT2D eigenvalue weighted by molar-refractivity contribution is 7.80. The van der Waals surface area contributed by atoms with Crippen molar-refractivity contribution in [1.82, 2.24) is 5.32 Å². The van der Waals surface area contributed by atoms with Crippen molar-refractivity contribution in [2.75, 3.05) is 0 Å². The van der Waals surface area contributed by atoms with Crippen LogP contribution in [-0.2, 0) is 4.79 Å². The van der Waals surface area contributed by atoms with E-state index in [9.17, 15) is 9.59 Å². The number of carbonyl (C=O) groups excluding carboxylic acids is 2. The van der Waals surface area contributed by atoms with Crippen molar-refractivity contribution in [2.24, 2.45) is 5.73 Å². The first kappa shape index (κ1) is 14.6. The first-order valence-electron chi connectivity index (χ1n) is 6.58. The third kappa shape index (κ3) is 2.98. The van der Waals surface area contributed by atoms with Crippen molar-refractivity contribution in [3.8, 4) is 10.4 Å². The number of rotatable bonds is 3. The SMILES string of the molecule is NC(=O)c1ccc(-c2ccc(/C=C3/NC(=S)CC3=O)s2)cc1. The van der Waals surface area contributed by atoms with Crippen LogP contribution >= 0.6 is 23.6 Å². The Balaban J connectivity index is 1.85. The molecule has 0 aliphatic carbocycles. The van der Waals surface area contributed by atoms with E-state index in [1.807, 2.05) is 30.3 Å². The van der Waals surface area contributed by atoms with Gasteiger partial charge in [0, 0.05) is 15.3 Å². The second-order valence-corrected chi connectivity index (χ2v) is 6.46. The van der Waals surface area contributed by atoms with Crippen molar-refractivity contribution in [3.63, 3.8) is 0 Å². The average molecular weight is 328 g/mol. The third-order valence-electron chi connectivity index (χ3n) is 3.26. The van der Waals surface area contributed by atoms with E-state index in [4.69, 9.17) is 18.0 Å². The summed E-state index contributed by atoms with van der Waals surface area (Å²) in [4.78, 5) is 25.4. The predicted octanol–water partition coefficient (Wildman–Crippen LogP) is 2.74. The molecule has 2 aromatic rings. The summed E-state index contributed by atoms with van der Waals surface area (Å²) in [6.07, 6.45) is 2.10. The predicted molar refractivity (Wildman–Crippen MR) is 91.6 cm³/mol. The molecule has 22 heavy (non-hydrogen) atoms. The van der Waals surface area contributed by atoms with Gasteiger partial charge in [0.2, 0.25) is 5.91 Å². The van der Waals surface area contributed by atoms with Crippen LogP contribution in [-0.4, -0.2) is 16.7 Å². The van der Waals surface area contributed by atoms with E-state index in [-0.39, 0.29) is 12.2 Å². The summed E-state index contributed by atoms with van der Waals surface area (Å²) >= 11 is 6.56. The normalized spacial score (nSPS) is 16.1. The van der Waals surface area contributed by atoms with E-state index < -0.39 is 5.91 Å². The van der Waals surface area contributed by atoms with E-state index >= 15 is 0 Å². The largest absolute Gasteiger partial charge is 0.366 e. The Morgan fingerprint density at radius 3 is 2.55 bits per heavy atom. The molecular formula is C16H12N2O2S2. The standard InChI is InChI=1S/C16H12N2O2S2/c17-16(20)10-3-1-9(2-4-10)14-6-5-11(22-14)7-12-13(19)8-15(21)18-12/h1-7H,8H2,(H2,17,20)(H,18,21)/b12-7+. The molecule has 0 atom stereocenters. The third-order valence-corrected chi connectivity index (χ3v) is 4.59. The molecule has 1 aromatic heterocycles. The smallest absolute Gasteiger partial charge is 0.248 e. The quantitative estimate of drug-likeness (QED) is 0.671. The second kappa shape index (κ2) is 5.82. The van der Waals surface area contributed by atoms with Gasteiger partial charge in [0.15, 0.2) is 5.78 Å². The first-order valence-corrected chi connectivity index (χ1v) is 7.80. The number of ketones is 1. The van der Waals surface area contributed by atoms with Crippen molar-refractivity contribution in [3.05, 3.63) is 52.5 Å². The van der Waals surface area contributed by atoms with Crippen LogP contribution in [0, 0.1) is 0 Å². The van der Waals surface area contributed by atoms with Crippen LogP contribution in [0.4, 0.5) is 0 Å². The monoisotopic (exact) mass is 328 g/mol.